The van der Waals surface area contributed by atoms with Crippen molar-refractivity contribution in [2.45, 2.75) is 18.7 Å². The molecule has 0 aliphatic carbocycles. The molecule has 6 nitrogen and oxygen atoms in total. The number of rotatable bonds is 10. The molecule has 0 spiro atoms. The van der Waals surface area contributed by atoms with Gasteiger partial charge in [-0.1, -0.05) is 29.8 Å². The normalized spacial score (nSPS) is 12.3. The Morgan fingerprint density at radius 3 is 2.60 bits per heavy atom. The molecule has 2 aromatic carbocycles. The van der Waals surface area contributed by atoms with Gasteiger partial charge in [0.1, 0.15) is 17.6 Å². The summed E-state index contributed by atoms with van der Waals surface area (Å²) in [6, 6.07) is 10.1. The number of benzene rings is 2. The average Bonchev–Trinajstić information content (AvgIpc) is 2.68. The van der Waals surface area contributed by atoms with Gasteiger partial charge in [-0.25, -0.2) is 12.8 Å². The first-order valence-electron chi connectivity index (χ1n) is 9.07. The Hall–Kier alpha value is -1.97. The third-order valence-corrected chi connectivity index (χ3v) is 6.78. The smallest absolute Gasteiger partial charge is 0.243 e. The van der Waals surface area contributed by atoms with E-state index in [0.29, 0.717) is 29.4 Å². The SMILES string of the molecule is COc1ccc(N(C(C)C(=O)NCCSCc2ccccc2F)S(C)(=O)=O)cc1Cl. The molecule has 2 rings (SSSR count). The van der Waals surface area contributed by atoms with Crippen LogP contribution < -0.4 is 14.4 Å². The van der Waals surface area contributed by atoms with Gasteiger partial charge in [-0.15, -0.1) is 0 Å². The van der Waals surface area contributed by atoms with Crippen LogP contribution in [0.15, 0.2) is 42.5 Å². The second-order valence-electron chi connectivity index (χ2n) is 6.49. The molecule has 1 N–H and O–H groups in total. The zero-order chi connectivity index (χ0) is 22.3. The summed E-state index contributed by atoms with van der Waals surface area (Å²) in [6.45, 7) is 1.82. The van der Waals surface area contributed by atoms with E-state index in [2.05, 4.69) is 5.32 Å². The summed E-state index contributed by atoms with van der Waals surface area (Å²) in [5.74, 6) is 0.735. The molecule has 0 bridgehead atoms. The number of carbonyl (C=O) groups excluding carboxylic acids is 1. The molecule has 1 amide bonds. The summed E-state index contributed by atoms with van der Waals surface area (Å²) in [5, 5.41) is 2.96. The molecule has 0 saturated carbocycles. The number of hydrogen-bond donors (Lipinski definition) is 1. The Balaban J connectivity index is 1.97. The molecule has 0 aliphatic rings. The molecule has 1 atom stereocenters. The minimum absolute atomic E-state index is 0.237. The van der Waals surface area contributed by atoms with Crippen LogP contribution >= 0.6 is 23.4 Å². The minimum atomic E-state index is -3.75. The lowest BCUT2D eigenvalue weighted by atomic mass is 10.2. The van der Waals surface area contributed by atoms with E-state index in [1.807, 2.05) is 0 Å². The fourth-order valence-corrected chi connectivity index (χ4v) is 5.06. The Bertz CT molecular complexity index is 989. The van der Waals surface area contributed by atoms with E-state index in [1.165, 1.54) is 44.0 Å². The van der Waals surface area contributed by atoms with Gasteiger partial charge in [0.05, 0.1) is 24.1 Å². The summed E-state index contributed by atoms with van der Waals surface area (Å²) >= 11 is 7.58. The molecular weight excluding hydrogens is 451 g/mol. The number of carbonyl (C=O) groups is 1. The topological polar surface area (TPSA) is 75.7 Å². The molecule has 0 saturated heterocycles. The standard InChI is InChI=1S/C20H24ClFN2O4S2/c1-14(20(25)23-10-11-29-13-15-6-4-5-7-18(15)22)24(30(3,26)27)16-8-9-19(28-2)17(21)12-16/h4-9,12,14H,10-11,13H2,1-3H3,(H,23,25). The predicted octanol–water partition coefficient (Wildman–Crippen LogP) is 3.69. The number of hydrogen-bond acceptors (Lipinski definition) is 5. The summed E-state index contributed by atoms with van der Waals surface area (Å²) in [5.41, 5.74) is 0.863. The van der Waals surface area contributed by atoms with Crippen molar-refractivity contribution in [3.63, 3.8) is 0 Å². The van der Waals surface area contributed by atoms with E-state index >= 15 is 0 Å². The van der Waals surface area contributed by atoms with Crippen molar-refractivity contribution in [3.05, 3.63) is 58.9 Å². The highest BCUT2D eigenvalue weighted by molar-refractivity contribution is 7.98. The van der Waals surface area contributed by atoms with E-state index < -0.39 is 22.0 Å². The lowest BCUT2D eigenvalue weighted by Crippen LogP contribution is -2.48. The number of sulfonamides is 1. The number of amides is 1. The van der Waals surface area contributed by atoms with Crippen LogP contribution in [0.5, 0.6) is 5.75 Å². The maximum Gasteiger partial charge on any atom is 0.243 e. The first-order valence-corrected chi connectivity index (χ1v) is 12.4. The third-order valence-electron chi connectivity index (χ3n) is 4.24. The first kappa shape index (κ1) is 24.3. The van der Waals surface area contributed by atoms with Crippen molar-refractivity contribution in [2.24, 2.45) is 0 Å². The van der Waals surface area contributed by atoms with Crippen LogP contribution in [-0.4, -0.2) is 46.0 Å². The molecule has 0 aromatic heterocycles. The maximum atomic E-state index is 13.6. The highest BCUT2D eigenvalue weighted by Gasteiger charge is 2.29. The zero-order valence-corrected chi connectivity index (χ0v) is 19.3. The first-order chi connectivity index (χ1) is 14.1. The van der Waals surface area contributed by atoms with Crippen molar-refractivity contribution in [1.29, 1.82) is 0 Å². The molecule has 2 aromatic rings. The second-order valence-corrected chi connectivity index (χ2v) is 9.86. The van der Waals surface area contributed by atoms with Crippen LogP contribution in [0.1, 0.15) is 12.5 Å². The van der Waals surface area contributed by atoms with E-state index in [9.17, 15) is 17.6 Å². The second kappa shape index (κ2) is 10.9. The summed E-state index contributed by atoms with van der Waals surface area (Å²) in [7, 11) is -2.29. The highest BCUT2D eigenvalue weighted by atomic mass is 35.5. The van der Waals surface area contributed by atoms with E-state index in [0.717, 1.165) is 10.6 Å². The van der Waals surface area contributed by atoms with Gasteiger partial charge in [0, 0.05) is 18.1 Å². The molecule has 164 valence electrons. The maximum absolute atomic E-state index is 13.6. The number of thioether (sulfide) groups is 1. The van der Waals surface area contributed by atoms with Crippen LogP contribution in [-0.2, 0) is 20.6 Å². The van der Waals surface area contributed by atoms with E-state index in [4.69, 9.17) is 16.3 Å². The molecule has 0 radical (unpaired) electrons. The molecule has 0 aliphatic heterocycles. The van der Waals surface area contributed by atoms with Crippen LogP contribution in [0, 0.1) is 5.82 Å². The lowest BCUT2D eigenvalue weighted by Gasteiger charge is -2.28. The molecule has 0 heterocycles. The Labute approximate surface area is 185 Å². The molecule has 10 heteroatoms. The number of nitrogens with zero attached hydrogens (tertiary/aromatic N) is 1. The zero-order valence-electron chi connectivity index (χ0n) is 16.9. The van der Waals surface area contributed by atoms with Crippen LogP contribution in [0.3, 0.4) is 0 Å². The number of anilines is 1. The fourth-order valence-electron chi connectivity index (χ4n) is 2.79. The van der Waals surface area contributed by atoms with Gasteiger partial charge < -0.3 is 10.1 Å². The largest absolute Gasteiger partial charge is 0.495 e. The monoisotopic (exact) mass is 474 g/mol. The van der Waals surface area contributed by atoms with E-state index in [-0.39, 0.29) is 16.5 Å². The van der Waals surface area contributed by atoms with Crippen LogP contribution in [0.4, 0.5) is 10.1 Å². The van der Waals surface area contributed by atoms with Crippen LogP contribution in [0.25, 0.3) is 0 Å². The van der Waals surface area contributed by atoms with Gasteiger partial charge >= 0.3 is 0 Å². The third kappa shape index (κ3) is 6.52. The van der Waals surface area contributed by atoms with Crippen molar-refractivity contribution in [1.82, 2.24) is 5.32 Å². The average molecular weight is 475 g/mol. The molecular formula is C20H24ClFN2O4S2. The van der Waals surface area contributed by atoms with Crippen molar-refractivity contribution in [2.75, 3.05) is 30.0 Å². The number of ether oxygens (including phenoxy) is 1. The van der Waals surface area contributed by atoms with Gasteiger partial charge in [-0.05, 0) is 36.8 Å². The lowest BCUT2D eigenvalue weighted by molar-refractivity contribution is -0.121. The quantitative estimate of drug-likeness (QED) is 0.531. The fraction of sp³-hybridized carbons (Fsp3) is 0.350. The van der Waals surface area contributed by atoms with Gasteiger partial charge in [-0.2, -0.15) is 11.8 Å². The summed E-state index contributed by atoms with van der Waals surface area (Å²) in [6.07, 6.45) is 1.03. The molecule has 30 heavy (non-hydrogen) atoms. The number of methoxy groups -OCH3 is 1. The number of nitrogens with one attached hydrogen (secondary N) is 1. The van der Waals surface area contributed by atoms with Crippen LogP contribution in [0.2, 0.25) is 5.02 Å². The molecule has 0 fully saturated rings. The van der Waals surface area contributed by atoms with Gasteiger partial charge in [0.2, 0.25) is 15.9 Å². The van der Waals surface area contributed by atoms with Gasteiger partial charge in [0.15, 0.2) is 0 Å². The Morgan fingerprint density at radius 1 is 1.30 bits per heavy atom. The van der Waals surface area contributed by atoms with Crippen molar-refractivity contribution >= 4 is 45.0 Å². The Kier molecular flexibility index (Phi) is 8.81. The summed E-state index contributed by atoms with van der Waals surface area (Å²) < 4.78 is 44.4. The Morgan fingerprint density at radius 2 is 2.00 bits per heavy atom. The molecule has 1 unspecified atom stereocenters. The van der Waals surface area contributed by atoms with Crippen molar-refractivity contribution < 1.29 is 22.3 Å². The van der Waals surface area contributed by atoms with E-state index in [1.54, 1.807) is 24.3 Å². The summed E-state index contributed by atoms with van der Waals surface area (Å²) in [4.78, 5) is 12.6. The highest BCUT2D eigenvalue weighted by Crippen LogP contribution is 2.31. The van der Waals surface area contributed by atoms with Crippen molar-refractivity contribution in [3.8, 4) is 5.75 Å². The number of halogens is 2. The van der Waals surface area contributed by atoms with Gasteiger partial charge in [0.25, 0.3) is 0 Å². The predicted molar refractivity (Wildman–Crippen MR) is 120 cm³/mol. The van der Waals surface area contributed by atoms with Gasteiger partial charge in [-0.3, -0.25) is 9.10 Å². The minimum Gasteiger partial charge on any atom is -0.495 e.